The highest BCUT2D eigenvalue weighted by Crippen LogP contribution is 2.18. The molecule has 0 radical (unpaired) electrons. The summed E-state index contributed by atoms with van der Waals surface area (Å²) >= 11 is 0. The smallest absolute Gasteiger partial charge is 0.255 e. The summed E-state index contributed by atoms with van der Waals surface area (Å²) in [5, 5.41) is 10.8. The van der Waals surface area contributed by atoms with E-state index in [1.54, 1.807) is 23.0 Å². The zero-order valence-electron chi connectivity index (χ0n) is 13.4. The lowest BCUT2D eigenvalue weighted by molar-refractivity contribution is 0.102. The maximum atomic E-state index is 12.4. The summed E-state index contributed by atoms with van der Waals surface area (Å²) < 4.78 is 1.73. The second kappa shape index (κ2) is 6.04. The molecule has 5 nitrogen and oxygen atoms in total. The van der Waals surface area contributed by atoms with Crippen molar-refractivity contribution >= 4 is 11.6 Å². The van der Waals surface area contributed by atoms with Gasteiger partial charge < -0.3 is 5.32 Å². The van der Waals surface area contributed by atoms with Crippen LogP contribution in [-0.4, -0.2) is 20.9 Å². The van der Waals surface area contributed by atoms with Crippen LogP contribution in [0.15, 0.2) is 48.7 Å². The lowest BCUT2D eigenvalue weighted by Gasteiger charge is -2.10. The van der Waals surface area contributed by atoms with Crippen LogP contribution in [0.25, 0.3) is 5.69 Å². The minimum absolute atomic E-state index is 0.124. The van der Waals surface area contributed by atoms with Gasteiger partial charge in [-0.25, -0.2) is 4.68 Å². The maximum absolute atomic E-state index is 12.4. The van der Waals surface area contributed by atoms with Gasteiger partial charge in [0.05, 0.1) is 17.6 Å². The molecule has 3 aromatic rings. The third-order valence-corrected chi connectivity index (χ3v) is 3.74. The van der Waals surface area contributed by atoms with E-state index in [1.807, 2.05) is 51.1 Å². The van der Waals surface area contributed by atoms with Crippen molar-refractivity contribution in [3.63, 3.8) is 0 Å². The first kappa shape index (κ1) is 15.0. The molecule has 2 aromatic carbocycles. The number of rotatable bonds is 3. The van der Waals surface area contributed by atoms with Gasteiger partial charge in [-0.3, -0.25) is 4.79 Å². The van der Waals surface area contributed by atoms with E-state index in [9.17, 15) is 4.79 Å². The van der Waals surface area contributed by atoms with E-state index in [2.05, 4.69) is 15.6 Å². The molecule has 1 N–H and O–H groups in total. The number of hydrogen-bond acceptors (Lipinski definition) is 3. The Kier molecular flexibility index (Phi) is 3.93. The molecular weight excluding hydrogens is 288 g/mol. The van der Waals surface area contributed by atoms with Crippen LogP contribution in [0.5, 0.6) is 0 Å². The van der Waals surface area contributed by atoms with E-state index in [1.165, 1.54) is 0 Å². The second-order valence-electron chi connectivity index (χ2n) is 5.61. The number of carbonyl (C=O) groups excluding carboxylic acids is 1. The standard InChI is InChI=1S/C18H18N4O/c1-12-4-5-13(2)17(10-12)20-18(23)15-6-8-16(9-7-15)22-14(3)11-19-21-22/h4-11H,1-3H3,(H,20,23). The highest BCUT2D eigenvalue weighted by molar-refractivity contribution is 6.04. The quantitative estimate of drug-likeness (QED) is 0.806. The van der Waals surface area contributed by atoms with Crippen molar-refractivity contribution in [1.82, 2.24) is 15.0 Å². The molecule has 0 bridgehead atoms. The highest BCUT2D eigenvalue weighted by Gasteiger charge is 2.09. The number of hydrogen-bond donors (Lipinski definition) is 1. The molecule has 0 aliphatic carbocycles. The van der Waals surface area contributed by atoms with Crippen LogP contribution >= 0.6 is 0 Å². The molecule has 1 heterocycles. The van der Waals surface area contributed by atoms with Crippen LogP contribution < -0.4 is 5.32 Å². The number of amides is 1. The first-order valence-electron chi connectivity index (χ1n) is 7.41. The number of aryl methyl sites for hydroxylation is 3. The molecule has 3 rings (SSSR count). The van der Waals surface area contributed by atoms with Gasteiger partial charge >= 0.3 is 0 Å². The number of carbonyl (C=O) groups is 1. The molecule has 0 aliphatic rings. The number of anilines is 1. The molecule has 5 heteroatoms. The predicted octanol–water partition coefficient (Wildman–Crippen LogP) is 3.44. The fourth-order valence-electron chi connectivity index (χ4n) is 2.36. The van der Waals surface area contributed by atoms with Gasteiger partial charge in [-0.1, -0.05) is 17.3 Å². The number of benzene rings is 2. The van der Waals surface area contributed by atoms with Gasteiger partial charge in [0.2, 0.25) is 0 Å². The summed E-state index contributed by atoms with van der Waals surface area (Å²) in [7, 11) is 0. The number of nitrogens with one attached hydrogen (secondary N) is 1. The first-order valence-corrected chi connectivity index (χ1v) is 7.41. The monoisotopic (exact) mass is 306 g/mol. The molecular formula is C18H18N4O. The third kappa shape index (κ3) is 3.13. The van der Waals surface area contributed by atoms with E-state index in [0.717, 1.165) is 28.2 Å². The van der Waals surface area contributed by atoms with Crippen molar-refractivity contribution in [2.24, 2.45) is 0 Å². The van der Waals surface area contributed by atoms with Gasteiger partial charge in [0.25, 0.3) is 5.91 Å². The minimum Gasteiger partial charge on any atom is -0.322 e. The van der Waals surface area contributed by atoms with E-state index < -0.39 is 0 Å². The van der Waals surface area contributed by atoms with Crippen molar-refractivity contribution < 1.29 is 4.79 Å². The van der Waals surface area contributed by atoms with E-state index in [0.29, 0.717) is 5.56 Å². The van der Waals surface area contributed by atoms with Gasteiger partial charge in [0.15, 0.2) is 0 Å². The van der Waals surface area contributed by atoms with E-state index in [-0.39, 0.29) is 5.91 Å². The molecule has 0 saturated carbocycles. The molecule has 0 aliphatic heterocycles. The summed E-state index contributed by atoms with van der Waals surface area (Å²) in [6.07, 6.45) is 1.70. The zero-order chi connectivity index (χ0) is 16.4. The average molecular weight is 306 g/mol. The molecule has 0 atom stereocenters. The molecule has 1 amide bonds. The van der Waals surface area contributed by atoms with Crippen molar-refractivity contribution in [3.05, 3.63) is 71.0 Å². The average Bonchev–Trinajstić information content (AvgIpc) is 2.97. The molecule has 0 saturated heterocycles. The lowest BCUT2D eigenvalue weighted by atomic mass is 10.1. The fraction of sp³-hybridized carbons (Fsp3) is 0.167. The molecule has 0 fully saturated rings. The summed E-state index contributed by atoms with van der Waals surface area (Å²) in [6.45, 7) is 5.91. The zero-order valence-corrected chi connectivity index (χ0v) is 13.4. The minimum atomic E-state index is -0.124. The molecule has 0 unspecified atom stereocenters. The molecule has 0 spiro atoms. The largest absolute Gasteiger partial charge is 0.322 e. The number of aromatic nitrogens is 3. The Labute approximate surface area is 135 Å². The van der Waals surface area contributed by atoms with Gasteiger partial charge in [-0.15, -0.1) is 5.10 Å². The molecule has 23 heavy (non-hydrogen) atoms. The van der Waals surface area contributed by atoms with Crippen molar-refractivity contribution in [3.8, 4) is 5.69 Å². The van der Waals surface area contributed by atoms with Crippen LogP contribution in [-0.2, 0) is 0 Å². The Balaban J connectivity index is 1.81. The highest BCUT2D eigenvalue weighted by atomic mass is 16.1. The van der Waals surface area contributed by atoms with Crippen LogP contribution in [0.3, 0.4) is 0 Å². The predicted molar refractivity (Wildman–Crippen MR) is 90.0 cm³/mol. The number of nitrogens with zero attached hydrogens (tertiary/aromatic N) is 3. The second-order valence-corrected chi connectivity index (χ2v) is 5.61. The summed E-state index contributed by atoms with van der Waals surface area (Å²) in [5.41, 5.74) is 5.42. The SMILES string of the molecule is Cc1ccc(C)c(NC(=O)c2ccc(-n3nncc3C)cc2)c1. The topological polar surface area (TPSA) is 59.8 Å². The van der Waals surface area contributed by atoms with Gasteiger partial charge in [-0.05, 0) is 62.2 Å². The Morgan fingerprint density at radius 3 is 2.43 bits per heavy atom. The van der Waals surface area contributed by atoms with Crippen molar-refractivity contribution in [1.29, 1.82) is 0 Å². The lowest BCUT2D eigenvalue weighted by Crippen LogP contribution is -2.13. The van der Waals surface area contributed by atoms with Crippen molar-refractivity contribution in [2.75, 3.05) is 5.32 Å². The van der Waals surface area contributed by atoms with E-state index >= 15 is 0 Å². The van der Waals surface area contributed by atoms with Gasteiger partial charge in [0.1, 0.15) is 0 Å². The normalized spacial score (nSPS) is 10.6. The Hall–Kier alpha value is -2.95. The van der Waals surface area contributed by atoms with E-state index in [4.69, 9.17) is 0 Å². The summed E-state index contributed by atoms with van der Waals surface area (Å²) in [6, 6.07) is 13.3. The fourth-order valence-corrected chi connectivity index (χ4v) is 2.36. The van der Waals surface area contributed by atoms with Gasteiger partial charge in [-0.2, -0.15) is 0 Å². The van der Waals surface area contributed by atoms with Crippen LogP contribution in [0.4, 0.5) is 5.69 Å². The van der Waals surface area contributed by atoms with Crippen LogP contribution in [0.2, 0.25) is 0 Å². The third-order valence-electron chi connectivity index (χ3n) is 3.74. The van der Waals surface area contributed by atoms with Crippen LogP contribution in [0.1, 0.15) is 27.2 Å². The Morgan fingerprint density at radius 2 is 1.78 bits per heavy atom. The van der Waals surface area contributed by atoms with Crippen molar-refractivity contribution in [2.45, 2.75) is 20.8 Å². The Bertz CT molecular complexity index is 850. The first-order chi connectivity index (χ1) is 11.0. The Morgan fingerprint density at radius 1 is 1.04 bits per heavy atom. The van der Waals surface area contributed by atoms with Crippen LogP contribution in [0, 0.1) is 20.8 Å². The van der Waals surface area contributed by atoms with Gasteiger partial charge in [0, 0.05) is 11.3 Å². The maximum Gasteiger partial charge on any atom is 0.255 e. The molecule has 1 aromatic heterocycles. The molecule has 116 valence electrons. The summed E-state index contributed by atoms with van der Waals surface area (Å²) in [4.78, 5) is 12.4. The summed E-state index contributed by atoms with van der Waals surface area (Å²) in [5.74, 6) is -0.124.